The molecule has 0 aromatic carbocycles. The van der Waals surface area contributed by atoms with Crippen molar-refractivity contribution in [2.24, 2.45) is 0 Å². The average Bonchev–Trinajstić information content (AvgIpc) is 2.36. The summed E-state index contributed by atoms with van der Waals surface area (Å²) in [6.07, 6.45) is 9.57. The Hall–Kier alpha value is -1.61. The van der Waals surface area contributed by atoms with Gasteiger partial charge in [-0.15, -0.1) is 26.3 Å². The Morgan fingerprint density at radius 1 is 1.00 bits per heavy atom. The number of cyclic esters (lactones) is 1. The van der Waals surface area contributed by atoms with E-state index in [4.69, 9.17) is 4.74 Å². The van der Waals surface area contributed by atoms with Crippen molar-refractivity contribution in [1.29, 1.82) is 0 Å². The van der Waals surface area contributed by atoms with Crippen LogP contribution in [0.5, 0.6) is 0 Å². The molecule has 1 fully saturated rings. The minimum Gasteiger partial charge on any atom is -0.462 e. The van der Waals surface area contributed by atoms with Gasteiger partial charge in [0.25, 0.3) is 0 Å². The van der Waals surface area contributed by atoms with Crippen molar-refractivity contribution in [1.82, 2.24) is 5.32 Å². The molecule has 0 unspecified atom stereocenters. The van der Waals surface area contributed by atoms with Crippen LogP contribution >= 0.6 is 0 Å². The van der Waals surface area contributed by atoms with Crippen LogP contribution in [0.4, 0.5) is 0 Å². The molecule has 1 saturated heterocycles. The van der Waals surface area contributed by atoms with Gasteiger partial charge in [0.15, 0.2) is 0 Å². The number of esters is 1. The molecule has 1 N–H and O–H groups in total. The fourth-order valence-electron chi connectivity index (χ4n) is 2.64. The number of carbonyl (C=O) groups excluding carboxylic acids is 1. The fourth-order valence-corrected chi connectivity index (χ4v) is 2.64. The Balaban J connectivity index is 3.09. The highest BCUT2D eigenvalue weighted by molar-refractivity contribution is 5.82. The molecule has 0 aromatic rings. The zero-order valence-corrected chi connectivity index (χ0v) is 11.5. The topological polar surface area (TPSA) is 38.3 Å². The summed E-state index contributed by atoms with van der Waals surface area (Å²) >= 11 is 0. The molecule has 0 spiro atoms. The molecule has 0 atom stereocenters. The highest BCUT2D eigenvalue weighted by Crippen LogP contribution is 2.32. The van der Waals surface area contributed by atoms with Crippen LogP contribution in [0.15, 0.2) is 50.6 Å². The molecule has 104 valence electrons. The molecule has 1 rings (SSSR count). The molecule has 1 heterocycles. The standard InChI is InChI=1S/C16H23NO2/c1-5-9-15(10-6-2)13-19-14(18)16(17-15,11-7-3)12-8-4/h5-8,17H,1-4,9-13H2. The average molecular weight is 261 g/mol. The lowest BCUT2D eigenvalue weighted by Gasteiger charge is -2.46. The first-order chi connectivity index (χ1) is 9.08. The van der Waals surface area contributed by atoms with E-state index in [-0.39, 0.29) is 11.5 Å². The number of morpholine rings is 1. The van der Waals surface area contributed by atoms with Crippen LogP contribution in [0.3, 0.4) is 0 Å². The van der Waals surface area contributed by atoms with E-state index >= 15 is 0 Å². The number of rotatable bonds is 8. The van der Waals surface area contributed by atoms with Gasteiger partial charge in [-0.1, -0.05) is 24.3 Å². The van der Waals surface area contributed by atoms with E-state index in [2.05, 4.69) is 31.6 Å². The van der Waals surface area contributed by atoms with Gasteiger partial charge in [-0.3, -0.25) is 10.1 Å². The molecule has 1 aliphatic heterocycles. The fraction of sp³-hybridized carbons (Fsp3) is 0.438. The van der Waals surface area contributed by atoms with Gasteiger partial charge in [-0.05, 0) is 25.7 Å². The third-order valence-corrected chi connectivity index (χ3v) is 3.43. The van der Waals surface area contributed by atoms with Gasteiger partial charge < -0.3 is 4.74 Å². The van der Waals surface area contributed by atoms with Crippen LogP contribution in [0.1, 0.15) is 25.7 Å². The lowest BCUT2D eigenvalue weighted by Crippen LogP contribution is -2.68. The van der Waals surface area contributed by atoms with Gasteiger partial charge in [-0.25, -0.2) is 0 Å². The Morgan fingerprint density at radius 3 is 1.89 bits per heavy atom. The maximum atomic E-state index is 12.2. The van der Waals surface area contributed by atoms with Crippen LogP contribution in [0, 0.1) is 0 Å². The molecule has 0 amide bonds. The summed E-state index contributed by atoms with van der Waals surface area (Å²) in [6, 6.07) is 0. The molecule has 3 heteroatoms. The third kappa shape index (κ3) is 3.24. The second kappa shape index (κ2) is 6.53. The highest BCUT2D eigenvalue weighted by atomic mass is 16.5. The van der Waals surface area contributed by atoms with Crippen molar-refractivity contribution in [2.45, 2.75) is 36.8 Å². The van der Waals surface area contributed by atoms with Crippen LogP contribution < -0.4 is 5.32 Å². The van der Waals surface area contributed by atoms with Crippen LogP contribution in [-0.4, -0.2) is 23.7 Å². The van der Waals surface area contributed by atoms with Gasteiger partial charge >= 0.3 is 5.97 Å². The zero-order valence-electron chi connectivity index (χ0n) is 11.5. The van der Waals surface area contributed by atoms with Gasteiger partial charge in [-0.2, -0.15) is 0 Å². The molecule has 0 saturated carbocycles. The van der Waals surface area contributed by atoms with E-state index in [1.807, 2.05) is 12.2 Å². The van der Waals surface area contributed by atoms with Crippen molar-refractivity contribution < 1.29 is 9.53 Å². The first kappa shape index (κ1) is 15.4. The largest absolute Gasteiger partial charge is 0.462 e. The van der Waals surface area contributed by atoms with Crippen molar-refractivity contribution in [3.8, 4) is 0 Å². The van der Waals surface area contributed by atoms with Gasteiger partial charge in [0.05, 0.1) is 5.54 Å². The maximum absolute atomic E-state index is 12.2. The predicted molar refractivity (Wildman–Crippen MR) is 78.8 cm³/mol. The smallest absolute Gasteiger partial charge is 0.327 e. The van der Waals surface area contributed by atoms with Crippen LogP contribution in [0.25, 0.3) is 0 Å². The molecule has 0 aromatic heterocycles. The Morgan fingerprint density at radius 2 is 1.47 bits per heavy atom. The third-order valence-electron chi connectivity index (χ3n) is 3.43. The SMILES string of the molecule is C=CCC1(CC=C)COC(=O)C(CC=C)(CC=C)N1. The quantitative estimate of drug-likeness (QED) is 0.539. The van der Waals surface area contributed by atoms with Crippen molar-refractivity contribution in [3.63, 3.8) is 0 Å². The van der Waals surface area contributed by atoms with Gasteiger partial charge in [0, 0.05) is 0 Å². The van der Waals surface area contributed by atoms with E-state index in [0.717, 1.165) is 0 Å². The minimum atomic E-state index is -0.770. The van der Waals surface area contributed by atoms with Crippen molar-refractivity contribution >= 4 is 5.97 Å². The molecular weight excluding hydrogens is 238 g/mol. The Kier molecular flexibility index (Phi) is 5.31. The van der Waals surface area contributed by atoms with E-state index in [1.54, 1.807) is 12.2 Å². The molecule has 0 radical (unpaired) electrons. The summed E-state index contributed by atoms with van der Waals surface area (Å²) in [6.45, 7) is 15.4. The van der Waals surface area contributed by atoms with Crippen molar-refractivity contribution in [3.05, 3.63) is 50.6 Å². The van der Waals surface area contributed by atoms with E-state index in [0.29, 0.717) is 32.3 Å². The van der Waals surface area contributed by atoms with Crippen LogP contribution in [0.2, 0.25) is 0 Å². The summed E-state index contributed by atoms with van der Waals surface area (Å²) < 4.78 is 5.43. The van der Waals surface area contributed by atoms with E-state index in [9.17, 15) is 4.79 Å². The second-order valence-corrected chi connectivity index (χ2v) is 5.03. The molecule has 19 heavy (non-hydrogen) atoms. The molecule has 3 nitrogen and oxygen atoms in total. The van der Waals surface area contributed by atoms with Crippen molar-refractivity contribution in [2.75, 3.05) is 6.61 Å². The lowest BCUT2D eigenvalue weighted by molar-refractivity contribution is -0.163. The first-order valence-corrected chi connectivity index (χ1v) is 6.48. The maximum Gasteiger partial charge on any atom is 0.327 e. The summed E-state index contributed by atoms with van der Waals surface area (Å²) in [7, 11) is 0. The van der Waals surface area contributed by atoms with E-state index < -0.39 is 5.54 Å². The molecule has 0 bridgehead atoms. The number of ether oxygens (including phenoxy) is 1. The Bertz CT molecular complexity index is 364. The molecule has 1 aliphatic rings. The summed E-state index contributed by atoms with van der Waals surface area (Å²) in [4.78, 5) is 12.2. The van der Waals surface area contributed by atoms with E-state index in [1.165, 1.54) is 0 Å². The second-order valence-electron chi connectivity index (χ2n) is 5.03. The van der Waals surface area contributed by atoms with Gasteiger partial charge in [0.1, 0.15) is 12.1 Å². The number of hydrogen-bond acceptors (Lipinski definition) is 3. The summed E-state index contributed by atoms with van der Waals surface area (Å²) in [5, 5.41) is 3.47. The van der Waals surface area contributed by atoms with Crippen LogP contribution in [-0.2, 0) is 9.53 Å². The number of hydrogen-bond donors (Lipinski definition) is 1. The first-order valence-electron chi connectivity index (χ1n) is 6.48. The highest BCUT2D eigenvalue weighted by Gasteiger charge is 2.48. The molecular formula is C16H23NO2. The normalized spacial score (nSPS) is 20.1. The zero-order chi connectivity index (χ0) is 14.4. The summed E-state index contributed by atoms with van der Waals surface area (Å²) in [5.41, 5.74) is -1.10. The number of nitrogens with one attached hydrogen (secondary N) is 1. The minimum absolute atomic E-state index is 0.240. The molecule has 0 aliphatic carbocycles. The Labute approximate surface area is 115 Å². The number of carbonyl (C=O) groups is 1. The van der Waals surface area contributed by atoms with Gasteiger partial charge in [0.2, 0.25) is 0 Å². The lowest BCUT2D eigenvalue weighted by atomic mass is 9.81. The predicted octanol–water partition coefficient (Wildman–Crippen LogP) is 2.91. The monoisotopic (exact) mass is 261 g/mol. The summed E-state index contributed by atoms with van der Waals surface area (Å²) in [5.74, 6) is -0.240.